The van der Waals surface area contributed by atoms with Crippen LogP contribution >= 0.6 is 34.7 Å². The lowest BCUT2D eigenvalue weighted by molar-refractivity contribution is -0.117. The van der Waals surface area contributed by atoms with Crippen molar-refractivity contribution in [1.82, 2.24) is 10.2 Å². The van der Waals surface area contributed by atoms with Crippen molar-refractivity contribution >= 4 is 63.6 Å². The number of aromatic nitrogens is 2. The molecule has 1 aliphatic rings. The standard InChI is InChI=1S/C30H22ClN3O5S2/c1-39-28(38)21-12-10-20(11-13-21)25-24(23(35)16-9-18-5-3-2-4-6-18)26(36)27(37)34(25)29-32-33-30(41-29)40-17-19-7-14-22(31)15-8-19/h2-16,25,36H,17H2,1H3/b16-9+. The number of carbonyl (C=O) groups is 3. The Morgan fingerprint density at radius 2 is 1.76 bits per heavy atom. The van der Waals surface area contributed by atoms with Gasteiger partial charge in [0.2, 0.25) is 5.13 Å². The SMILES string of the molecule is COC(=O)c1ccc(C2C(C(=O)/C=C/c3ccccc3)=C(O)C(=O)N2c2nnc(SCc3ccc(Cl)cc3)s2)cc1. The van der Waals surface area contributed by atoms with Crippen LogP contribution in [0.4, 0.5) is 5.13 Å². The van der Waals surface area contributed by atoms with Gasteiger partial charge in [-0.15, -0.1) is 10.2 Å². The number of carbonyl (C=O) groups excluding carboxylic acids is 3. The molecule has 0 spiro atoms. The van der Waals surface area contributed by atoms with Crippen LogP contribution in [0, 0.1) is 0 Å². The summed E-state index contributed by atoms with van der Waals surface area (Å²) in [5.74, 6) is -1.89. The molecule has 11 heteroatoms. The van der Waals surface area contributed by atoms with Crippen molar-refractivity contribution in [2.24, 2.45) is 0 Å². The van der Waals surface area contributed by atoms with Gasteiger partial charge in [0.25, 0.3) is 5.91 Å². The van der Waals surface area contributed by atoms with Gasteiger partial charge in [0.15, 0.2) is 15.9 Å². The molecule has 1 aromatic heterocycles. The first-order chi connectivity index (χ1) is 19.9. The second-order valence-electron chi connectivity index (χ2n) is 8.83. The number of nitrogens with zero attached hydrogens (tertiary/aromatic N) is 3. The summed E-state index contributed by atoms with van der Waals surface area (Å²) in [5.41, 5.74) is 2.52. The van der Waals surface area contributed by atoms with Gasteiger partial charge in [-0.25, -0.2) is 4.79 Å². The number of anilines is 1. The normalized spacial score (nSPS) is 15.1. The third-order valence-electron chi connectivity index (χ3n) is 6.23. The average molecular weight is 604 g/mol. The Balaban J connectivity index is 1.47. The van der Waals surface area contributed by atoms with Crippen molar-refractivity contribution in [2.45, 2.75) is 16.1 Å². The summed E-state index contributed by atoms with van der Waals surface area (Å²) in [7, 11) is 1.28. The van der Waals surface area contributed by atoms with Gasteiger partial charge in [-0.2, -0.15) is 0 Å². The number of rotatable bonds is 9. The minimum atomic E-state index is -0.996. The maximum atomic E-state index is 13.4. The molecule has 1 amide bonds. The third kappa shape index (κ3) is 6.25. The van der Waals surface area contributed by atoms with Crippen LogP contribution in [-0.2, 0) is 20.1 Å². The Hall–Kier alpha value is -4.25. The number of halogens is 1. The van der Waals surface area contributed by atoms with E-state index >= 15 is 0 Å². The van der Waals surface area contributed by atoms with Crippen LogP contribution < -0.4 is 4.90 Å². The molecule has 8 nitrogen and oxygen atoms in total. The van der Waals surface area contributed by atoms with Gasteiger partial charge < -0.3 is 9.84 Å². The molecule has 3 aromatic carbocycles. The van der Waals surface area contributed by atoms with E-state index in [0.717, 1.165) is 11.1 Å². The number of ketones is 1. The highest BCUT2D eigenvalue weighted by Gasteiger charge is 2.45. The molecule has 1 unspecified atom stereocenters. The summed E-state index contributed by atoms with van der Waals surface area (Å²) in [5, 5.41) is 20.3. The lowest BCUT2D eigenvalue weighted by Crippen LogP contribution is -2.30. The highest BCUT2D eigenvalue weighted by atomic mass is 35.5. The van der Waals surface area contributed by atoms with Crippen LogP contribution in [0.25, 0.3) is 6.08 Å². The molecular formula is C30H22ClN3O5S2. The Bertz CT molecular complexity index is 1650. The summed E-state index contributed by atoms with van der Waals surface area (Å²) in [6.45, 7) is 0. The molecule has 1 N–H and O–H groups in total. The van der Waals surface area contributed by atoms with E-state index in [0.29, 0.717) is 26.2 Å². The van der Waals surface area contributed by atoms with E-state index in [4.69, 9.17) is 16.3 Å². The maximum Gasteiger partial charge on any atom is 0.337 e. The number of esters is 1. The lowest BCUT2D eigenvalue weighted by Gasteiger charge is -2.23. The first kappa shape index (κ1) is 28.3. The predicted octanol–water partition coefficient (Wildman–Crippen LogP) is 6.45. The van der Waals surface area contributed by atoms with Gasteiger partial charge in [0.05, 0.1) is 24.3 Å². The topological polar surface area (TPSA) is 110 Å². The fraction of sp³-hybridized carbons (Fsp3) is 0.100. The van der Waals surface area contributed by atoms with E-state index in [9.17, 15) is 19.5 Å². The molecule has 0 aliphatic carbocycles. The highest BCUT2D eigenvalue weighted by Crippen LogP contribution is 2.43. The average Bonchev–Trinajstić information content (AvgIpc) is 3.57. The van der Waals surface area contributed by atoms with Crippen molar-refractivity contribution < 1.29 is 24.2 Å². The van der Waals surface area contributed by atoms with E-state index in [2.05, 4.69) is 10.2 Å². The largest absolute Gasteiger partial charge is 0.503 e. The van der Waals surface area contributed by atoms with Crippen LogP contribution in [0.2, 0.25) is 5.02 Å². The molecule has 41 heavy (non-hydrogen) atoms. The lowest BCUT2D eigenvalue weighted by atomic mass is 9.95. The molecule has 206 valence electrons. The number of hydrogen-bond acceptors (Lipinski definition) is 9. The number of aliphatic hydroxyl groups excluding tert-OH is 1. The minimum absolute atomic E-state index is 0.0985. The first-order valence-corrected chi connectivity index (χ1v) is 14.5. The molecule has 0 saturated carbocycles. The van der Waals surface area contributed by atoms with Crippen molar-refractivity contribution in [3.63, 3.8) is 0 Å². The van der Waals surface area contributed by atoms with Gasteiger partial charge in [-0.05, 0) is 47.0 Å². The van der Waals surface area contributed by atoms with E-state index in [-0.39, 0.29) is 10.7 Å². The van der Waals surface area contributed by atoms with E-state index in [1.54, 1.807) is 30.3 Å². The second kappa shape index (κ2) is 12.5. The quantitative estimate of drug-likeness (QED) is 0.101. The number of ether oxygens (including phenoxy) is 1. The fourth-order valence-corrected chi connectivity index (χ4v) is 6.15. The fourth-order valence-electron chi connectivity index (χ4n) is 4.20. The minimum Gasteiger partial charge on any atom is -0.503 e. The predicted molar refractivity (Wildman–Crippen MR) is 159 cm³/mol. The second-order valence-corrected chi connectivity index (χ2v) is 11.4. The summed E-state index contributed by atoms with van der Waals surface area (Å²) in [6, 6.07) is 21.9. The first-order valence-electron chi connectivity index (χ1n) is 12.3. The molecule has 0 fully saturated rings. The summed E-state index contributed by atoms with van der Waals surface area (Å²) in [6.07, 6.45) is 2.94. The monoisotopic (exact) mass is 603 g/mol. The molecule has 4 aromatic rings. The molecule has 1 atom stereocenters. The number of thioether (sulfide) groups is 1. The van der Waals surface area contributed by atoms with Crippen LogP contribution in [-0.4, -0.2) is 40.1 Å². The van der Waals surface area contributed by atoms with Crippen molar-refractivity contribution in [3.8, 4) is 0 Å². The van der Waals surface area contributed by atoms with Crippen LogP contribution in [0.15, 0.2) is 101 Å². The summed E-state index contributed by atoms with van der Waals surface area (Å²) in [4.78, 5) is 40.1. The zero-order chi connectivity index (χ0) is 28.9. The van der Waals surface area contributed by atoms with Gasteiger partial charge >= 0.3 is 5.97 Å². The number of amides is 1. The molecule has 0 radical (unpaired) electrons. The number of allylic oxidation sites excluding steroid dienone is 1. The molecule has 0 bridgehead atoms. The van der Waals surface area contributed by atoms with Crippen molar-refractivity contribution in [2.75, 3.05) is 12.0 Å². The smallest absolute Gasteiger partial charge is 0.337 e. The van der Waals surface area contributed by atoms with Gasteiger partial charge in [-0.3, -0.25) is 14.5 Å². The zero-order valence-electron chi connectivity index (χ0n) is 21.6. The van der Waals surface area contributed by atoms with Crippen LogP contribution in [0.3, 0.4) is 0 Å². The number of methoxy groups -OCH3 is 1. The van der Waals surface area contributed by atoms with Crippen molar-refractivity contribution in [3.05, 3.63) is 124 Å². The molecule has 0 saturated heterocycles. The van der Waals surface area contributed by atoms with E-state index in [1.807, 2.05) is 42.5 Å². The number of hydrogen-bond donors (Lipinski definition) is 1. The molecule has 2 heterocycles. The third-order valence-corrected chi connectivity index (χ3v) is 8.60. The van der Waals surface area contributed by atoms with Gasteiger partial charge in [-0.1, -0.05) is 95.4 Å². The van der Waals surface area contributed by atoms with Crippen LogP contribution in [0.5, 0.6) is 0 Å². The number of aliphatic hydroxyl groups is 1. The maximum absolute atomic E-state index is 13.4. The molecule has 5 rings (SSSR count). The molecule has 1 aliphatic heterocycles. The zero-order valence-corrected chi connectivity index (χ0v) is 23.9. The Morgan fingerprint density at radius 1 is 1.05 bits per heavy atom. The van der Waals surface area contributed by atoms with E-state index < -0.39 is 29.5 Å². The van der Waals surface area contributed by atoms with Crippen LogP contribution in [0.1, 0.15) is 33.1 Å². The Morgan fingerprint density at radius 3 is 2.44 bits per heavy atom. The Labute approximate surface area is 248 Å². The van der Waals surface area contributed by atoms with E-state index in [1.165, 1.54) is 53.3 Å². The Kier molecular flexibility index (Phi) is 8.63. The van der Waals surface area contributed by atoms with Gasteiger partial charge in [0, 0.05) is 10.8 Å². The summed E-state index contributed by atoms with van der Waals surface area (Å²) < 4.78 is 5.38. The highest BCUT2D eigenvalue weighted by molar-refractivity contribution is 8.00. The van der Waals surface area contributed by atoms with Gasteiger partial charge in [0.1, 0.15) is 0 Å². The van der Waals surface area contributed by atoms with Crippen molar-refractivity contribution in [1.29, 1.82) is 0 Å². The number of benzene rings is 3. The molecular weight excluding hydrogens is 582 g/mol. The summed E-state index contributed by atoms with van der Waals surface area (Å²) >= 11 is 8.58.